The minimum absolute atomic E-state index is 0.0205. The predicted molar refractivity (Wildman–Crippen MR) is 148 cm³/mol. The lowest BCUT2D eigenvalue weighted by molar-refractivity contribution is -0.112. The number of rotatable bonds is 2. The molecular weight excluding hydrogens is 445 g/mol. The Hall–Kier alpha value is -3.77. The molecule has 3 heteroatoms. The van der Waals surface area contributed by atoms with E-state index in [1.54, 1.807) is 6.07 Å². The van der Waals surface area contributed by atoms with E-state index in [4.69, 9.17) is 5.26 Å². The Balaban J connectivity index is 0.000000463. The highest BCUT2D eigenvalue weighted by molar-refractivity contribution is 5.91. The maximum Gasteiger partial charge on any atom is 0.228 e. The number of halogens is 1. The van der Waals surface area contributed by atoms with Crippen LogP contribution in [0.2, 0.25) is 0 Å². The number of fused-ring (bicyclic) bond motifs is 4. The summed E-state index contributed by atoms with van der Waals surface area (Å²) < 4.78 is 14.2. The average Bonchev–Trinajstić information content (AvgIpc) is 3.35. The van der Waals surface area contributed by atoms with Gasteiger partial charge in [-0.1, -0.05) is 81.8 Å². The summed E-state index contributed by atoms with van der Waals surface area (Å²) in [5.74, 6) is -0.539. The highest BCUT2D eigenvalue weighted by Gasteiger charge is 2.34. The molecule has 184 valence electrons. The number of hydrogen-bond donors (Lipinski definition) is 0. The van der Waals surface area contributed by atoms with Crippen LogP contribution in [0, 0.1) is 17.1 Å². The summed E-state index contributed by atoms with van der Waals surface area (Å²) in [5, 5.41) is 7.54. The number of nitrogens with zero attached hydrogens (tertiary/aromatic N) is 1. The van der Waals surface area contributed by atoms with Crippen molar-refractivity contribution in [3.05, 3.63) is 100 Å². The number of benzene rings is 3. The Bertz CT molecular complexity index is 1420. The van der Waals surface area contributed by atoms with Gasteiger partial charge in [0.2, 0.25) is 5.78 Å². The number of allylic oxidation sites excluding steroid dienone is 4. The fourth-order valence-corrected chi connectivity index (χ4v) is 4.94. The molecule has 0 bridgehead atoms. The van der Waals surface area contributed by atoms with Gasteiger partial charge in [0.25, 0.3) is 0 Å². The van der Waals surface area contributed by atoms with E-state index in [1.807, 2.05) is 26.0 Å². The van der Waals surface area contributed by atoms with Crippen molar-refractivity contribution in [2.75, 3.05) is 0 Å². The zero-order chi connectivity index (χ0) is 26.6. The third-order valence-electron chi connectivity index (χ3n) is 7.03. The molecule has 0 aliphatic heterocycles. The average molecular weight is 480 g/mol. The van der Waals surface area contributed by atoms with Crippen LogP contribution in [0.5, 0.6) is 0 Å². The molecule has 0 spiro atoms. The van der Waals surface area contributed by atoms with Gasteiger partial charge in [0.05, 0.1) is 0 Å². The van der Waals surface area contributed by atoms with Gasteiger partial charge >= 0.3 is 0 Å². The highest BCUT2D eigenvalue weighted by atomic mass is 19.1. The summed E-state index contributed by atoms with van der Waals surface area (Å²) in [4.78, 5) is 9.45. The van der Waals surface area contributed by atoms with E-state index in [0.29, 0.717) is 6.42 Å². The van der Waals surface area contributed by atoms with E-state index in [2.05, 4.69) is 76.2 Å². The molecule has 0 fully saturated rings. The second kappa shape index (κ2) is 10.9. The zero-order valence-electron chi connectivity index (χ0n) is 22.3. The molecule has 2 aliphatic rings. The van der Waals surface area contributed by atoms with Crippen molar-refractivity contribution in [2.24, 2.45) is 0 Å². The zero-order valence-corrected chi connectivity index (χ0v) is 22.3. The normalized spacial score (nSPS) is 14.1. The van der Waals surface area contributed by atoms with Crippen LogP contribution in [0.4, 0.5) is 4.39 Å². The van der Waals surface area contributed by atoms with Crippen molar-refractivity contribution in [3.63, 3.8) is 0 Å². The van der Waals surface area contributed by atoms with Gasteiger partial charge < -0.3 is 0 Å². The molecule has 3 aromatic rings. The molecule has 0 heterocycles. The van der Waals surface area contributed by atoms with Crippen LogP contribution < -0.4 is 0 Å². The van der Waals surface area contributed by atoms with E-state index in [-0.39, 0.29) is 11.2 Å². The molecule has 0 radical (unpaired) electrons. The lowest BCUT2D eigenvalue weighted by atomic mass is 9.81. The van der Waals surface area contributed by atoms with E-state index in [1.165, 1.54) is 57.5 Å². The number of ketones is 1. The first-order valence-electron chi connectivity index (χ1n) is 12.5. The highest BCUT2D eigenvalue weighted by Crippen LogP contribution is 2.48. The van der Waals surface area contributed by atoms with Crippen molar-refractivity contribution >= 4 is 11.4 Å². The molecule has 0 aromatic heterocycles. The Morgan fingerprint density at radius 2 is 1.64 bits per heavy atom. The van der Waals surface area contributed by atoms with Gasteiger partial charge in [0.1, 0.15) is 11.9 Å². The molecule has 5 rings (SSSR count). The van der Waals surface area contributed by atoms with Crippen molar-refractivity contribution in [2.45, 2.75) is 60.3 Å². The lowest BCUT2D eigenvalue weighted by Crippen LogP contribution is -2.15. The van der Waals surface area contributed by atoms with Crippen molar-refractivity contribution < 1.29 is 9.18 Å². The van der Waals surface area contributed by atoms with Crippen LogP contribution in [-0.2, 0) is 16.6 Å². The Morgan fingerprint density at radius 3 is 2.28 bits per heavy atom. The number of carbonyl (C=O) groups is 1. The SMILES string of the molecule is C/C=C\C1=C(C)C(C)(C)c2cc(-c3ccc4c(c3)-c3cccc(F)c3C4)ccc21.CC.CC(=O)C#N. The first-order valence-corrected chi connectivity index (χ1v) is 12.5. The quantitative estimate of drug-likeness (QED) is 0.269. The first kappa shape index (κ1) is 26.8. The molecule has 0 N–H and O–H groups in total. The monoisotopic (exact) mass is 479 g/mol. The third kappa shape index (κ3) is 4.82. The van der Waals surface area contributed by atoms with Crippen LogP contribution in [0.25, 0.3) is 27.8 Å². The Labute approximate surface area is 214 Å². The Kier molecular flexibility index (Phi) is 8.10. The molecule has 0 saturated carbocycles. The smallest absolute Gasteiger partial charge is 0.228 e. The lowest BCUT2D eigenvalue weighted by Gasteiger charge is -2.23. The van der Waals surface area contributed by atoms with Crippen LogP contribution in [0.3, 0.4) is 0 Å². The number of nitriles is 1. The fraction of sp³-hybridized carbons (Fsp3) is 0.273. The fourth-order valence-electron chi connectivity index (χ4n) is 4.94. The third-order valence-corrected chi connectivity index (χ3v) is 7.03. The number of hydrogen-bond acceptors (Lipinski definition) is 2. The van der Waals surface area contributed by atoms with Gasteiger partial charge in [-0.25, -0.2) is 4.39 Å². The minimum Gasteiger partial charge on any atom is -0.283 e. The van der Waals surface area contributed by atoms with Gasteiger partial charge in [0.15, 0.2) is 0 Å². The molecule has 0 amide bonds. The second-order valence-electron chi connectivity index (χ2n) is 9.41. The molecular formula is C33H34FNO. The predicted octanol–water partition coefficient (Wildman–Crippen LogP) is 8.83. The van der Waals surface area contributed by atoms with Crippen LogP contribution >= 0.6 is 0 Å². The second-order valence-corrected chi connectivity index (χ2v) is 9.41. The standard InChI is InChI=1S/C28H25F.C3H3NO.C2H6/c1-5-7-21-17(2)28(3,4)26-16-19(12-13-23(21)26)18-10-11-20-15-25-22(24(20)14-18)8-6-9-27(25)29;1-3(5)2-4;1-2/h5-14,16H,15H2,1-4H3;1H3;1-2H3/b7-5-;;. The van der Waals surface area contributed by atoms with Gasteiger partial charge in [-0.05, 0) is 76.6 Å². The maximum absolute atomic E-state index is 14.2. The summed E-state index contributed by atoms with van der Waals surface area (Å²) in [7, 11) is 0. The van der Waals surface area contributed by atoms with Crippen molar-refractivity contribution in [3.8, 4) is 28.3 Å². The Morgan fingerprint density at radius 1 is 1.00 bits per heavy atom. The molecule has 3 aromatic carbocycles. The van der Waals surface area contributed by atoms with Crippen molar-refractivity contribution in [1.82, 2.24) is 0 Å². The van der Waals surface area contributed by atoms with Crippen LogP contribution in [0.15, 0.2) is 72.3 Å². The van der Waals surface area contributed by atoms with Gasteiger partial charge in [-0.3, -0.25) is 4.79 Å². The molecule has 0 atom stereocenters. The van der Waals surface area contributed by atoms with Gasteiger partial charge in [-0.15, -0.1) is 0 Å². The molecule has 0 saturated heterocycles. The van der Waals surface area contributed by atoms with Gasteiger partial charge in [-0.2, -0.15) is 5.26 Å². The molecule has 2 aliphatic carbocycles. The first-order chi connectivity index (χ1) is 17.2. The summed E-state index contributed by atoms with van der Waals surface area (Å²) in [6.45, 7) is 14.2. The molecule has 2 nitrogen and oxygen atoms in total. The van der Waals surface area contributed by atoms with Gasteiger partial charge in [0, 0.05) is 24.3 Å². The minimum atomic E-state index is -0.440. The molecule has 36 heavy (non-hydrogen) atoms. The number of Topliss-reactive ketones (excluding diaryl/α,β-unsaturated/α-hetero) is 1. The summed E-state index contributed by atoms with van der Waals surface area (Å²) in [5.41, 5.74) is 12.2. The summed E-state index contributed by atoms with van der Waals surface area (Å²) in [6.07, 6.45) is 5.03. The molecule has 0 unspecified atom stereocenters. The maximum atomic E-state index is 14.2. The number of carbonyl (C=O) groups excluding carboxylic acids is 1. The van der Waals surface area contributed by atoms with Crippen molar-refractivity contribution in [1.29, 1.82) is 5.26 Å². The topological polar surface area (TPSA) is 40.9 Å². The van der Waals surface area contributed by atoms with E-state index in [9.17, 15) is 9.18 Å². The van der Waals surface area contributed by atoms with Crippen LogP contribution in [-0.4, -0.2) is 5.78 Å². The van der Waals surface area contributed by atoms with Crippen LogP contribution in [0.1, 0.15) is 70.7 Å². The summed E-state index contributed by atoms with van der Waals surface area (Å²) >= 11 is 0. The summed E-state index contributed by atoms with van der Waals surface area (Å²) in [6, 6.07) is 20.2. The van der Waals surface area contributed by atoms with E-state index >= 15 is 0 Å². The van der Waals surface area contributed by atoms with E-state index < -0.39 is 5.78 Å². The van der Waals surface area contributed by atoms with E-state index in [0.717, 1.165) is 11.1 Å². The largest absolute Gasteiger partial charge is 0.283 e.